The second-order valence-corrected chi connectivity index (χ2v) is 6.16. The zero-order chi connectivity index (χ0) is 14.3. The Labute approximate surface area is 114 Å². The van der Waals surface area contributed by atoms with Crippen LogP contribution >= 0.6 is 15.9 Å². The molecule has 0 saturated carbocycles. The molecule has 9 heteroatoms. The highest BCUT2D eigenvalue weighted by atomic mass is 79.9. The Hall–Kier alpha value is -1.35. The van der Waals surface area contributed by atoms with E-state index in [2.05, 4.69) is 20.9 Å². The highest BCUT2D eigenvalue weighted by molar-refractivity contribution is 9.10. The van der Waals surface area contributed by atoms with Crippen LogP contribution in [0.25, 0.3) is 10.9 Å². The minimum absolute atomic E-state index is 0.177. The van der Waals surface area contributed by atoms with E-state index in [1.54, 1.807) is 12.1 Å². The maximum atomic E-state index is 12.3. The van der Waals surface area contributed by atoms with Gasteiger partial charge in [0.15, 0.2) is 0 Å². The Kier molecular flexibility index (Phi) is 3.43. The largest absolute Gasteiger partial charge is 0.516 e. The summed E-state index contributed by atoms with van der Waals surface area (Å²) in [5.74, 6) is 0. The van der Waals surface area contributed by atoms with Gasteiger partial charge in [-0.1, -0.05) is 15.9 Å². The molecule has 19 heavy (non-hydrogen) atoms. The molecule has 0 atom stereocenters. The molecule has 0 amide bonds. The minimum Gasteiger partial charge on any atom is -0.275 e. The lowest BCUT2D eigenvalue weighted by Crippen LogP contribution is -2.30. The molecule has 1 aromatic heterocycles. The molecule has 0 aliphatic carbocycles. The van der Waals surface area contributed by atoms with Gasteiger partial charge in [-0.2, -0.15) is 21.6 Å². The van der Waals surface area contributed by atoms with Crippen molar-refractivity contribution < 1.29 is 21.6 Å². The summed E-state index contributed by atoms with van der Waals surface area (Å²) in [6, 6.07) is 5.86. The number of nitrogens with zero attached hydrogens (tertiary/aromatic N) is 1. The number of anilines is 1. The molecule has 0 saturated heterocycles. The van der Waals surface area contributed by atoms with Crippen LogP contribution in [-0.4, -0.2) is 18.9 Å². The van der Waals surface area contributed by atoms with Crippen molar-refractivity contribution in [3.05, 3.63) is 34.9 Å². The number of aromatic nitrogens is 1. The van der Waals surface area contributed by atoms with Crippen LogP contribution in [0.5, 0.6) is 0 Å². The molecule has 0 fully saturated rings. The van der Waals surface area contributed by atoms with Crippen molar-refractivity contribution in [2.24, 2.45) is 0 Å². The molecular weight excluding hydrogens is 349 g/mol. The first-order chi connectivity index (χ1) is 8.71. The third-order valence-corrected chi connectivity index (χ3v) is 3.84. The highest BCUT2D eigenvalue weighted by Gasteiger charge is 2.46. The first kappa shape index (κ1) is 14.1. The van der Waals surface area contributed by atoms with Crippen LogP contribution < -0.4 is 4.72 Å². The van der Waals surface area contributed by atoms with Gasteiger partial charge in [0.05, 0.1) is 11.2 Å². The number of halogens is 4. The summed E-state index contributed by atoms with van der Waals surface area (Å²) in [6.45, 7) is 0. The number of nitrogens with one attached hydrogen (secondary N) is 1. The zero-order valence-electron chi connectivity index (χ0n) is 9.07. The first-order valence-corrected chi connectivity index (χ1v) is 7.12. The standard InChI is InChI=1S/C10H6BrF3N2O2S/c11-6-1-2-8-7(5-6)9(3-4-15-8)16-19(17,18)10(12,13)14/h1-5H,(H,15,16). The molecule has 2 aromatic rings. The molecule has 0 radical (unpaired) electrons. The highest BCUT2D eigenvalue weighted by Crippen LogP contribution is 2.30. The molecule has 102 valence electrons. The van der Waals surface area contributed by atoms with E-state index in [0.29, 0.717) is 9.99 Å². The van der Waals surface area contributed by atoms with Crippen LogP contribution in [0.4, 0.5) is 18.9 Å². The number of fused-ring (bicyclic) bond motifs is 1. The summed E-state index contributed by atoms with van der Waals surface area (Å²) < 4.78 is 61.2. The summed E-state index contributed by atoms with van der Waals surface area (Å²) in [6.07, 6.45) is 1.23. The van der Waals surface area contributed by atoms with E-state index in [1.165, 1.54) is 17.0 Å². The summed E-state index contributed by atoms with van der Waals surface area (Å²) >= 11 is 3.16. The fourth-order valence-corrected chi connectivity index (χ4v) is 2.35. The Morgan fingerprint density at radius 2 is 1.89 bits per heavy atom. The van der Waals surface area contributed by atoms with Gasteiger partial charge in [-0.25, -0.2) is 0 Å². The van der Waals surface area contributed by atoms with Crippen molar-refractivity contribution in [2.45, 2.75) is 5.51 Å². The van der Waals surface area contributed by atoms with E-state index in [4.69, 9.17) is 0 Å². The fourth-order valence-electron chi connectivity index (χ4n) is 1.41. The van der Waals surface area contributed by atoms with Crippen LogP contribution in [0.3, 0.4) is 0 Å². The van der Waals surface area contributed by atoms with E-state index < -0.39 is 15.5 Å². The number of pyridine rings is 1. The zero-order valence-corrected chi connectivity index (χ0v) is 11.5. The summed E-state index contributed by atoms with van der Waals surface area (Å²) in [7, 11) is -5.45. The van der Waals surface area contributed by atoms with Crippen molar-refractivity contribution in [3.63, 3.8) is 0 Å². The third-order valence-electron chi connectivity index (χ3n) is 2.25. The molecule has 0 aliphatic rings. The summed E-state index contributed by atoms with van der Waals surface area (Å²) in [5.41, 5.74) is -5.16. The van der Waals surface area contributed by atoms with E-state index in [-0.39, 0.29) is 11.1 Å². The maximum absolute atomic E-state index is 12.3. The van der Waals surface area contributed by atoms with Gasteiger partial charge in [0.2, 0.25) is 0 Å². The molecule has 1 N–H and O–H groups in total. The third kappa shape index (κ3) is 2.81. The number of hydrogen-bond donors (Lipinski definition) is 1. The number of rotatable bonds is 2. The van der Waals surface area contributed by atoms with Crippen molar-refractivity contribution in [3.8, 4) is 0 Å². The molecule has 2 rings (SSSR count). The van der Waals surface area contributed by atoms with E-state index in [1.807, 2.05) is 0 Å². The predicted octanol–water partition coefficient (Wildman–Crippen LogP) is 3.26. The molecular formula is C10H6BrF3N2O2S. The van der Waals surface area contributed by atoms with Crippen LogP contribution in [0, 0.1) is 0 Å². The Morgan fingerprint density at radius 1 is 1.21 bits per heavy atom. The Bertz CT molecular complexity index is 731. The smallest absolute Gasteiger partial charge is 0.275 e. The van der Waals surface area contributed by atoms with E-state index in [0.717, 1.165) is 6.07 Å². The van der Waals surface area contributed by atoms with Gasteiger partial charge in [-0.3, -0.25) is 9.71 Å². The molecule has 0 unspecified atom stereocenters. The normalized spacial score (nSPS) is 12.6. The average Bonchev–Trinajstić information content (AvgIpc) is 2.28. The first-order valence-electron chi connectivity index (χ1n) is 4.84. The Morgan fingerprint density at radius 3 is 2.53 bits per heavy atom. The van der Waals surface area contributed by atoms with Gasteiger partial charge in [-0.05, 0) is 24.3 Å². The van der Waals surface area contributed by atoms with Crippen molar-refractivity contribution >= 4 is 42.5 Å². The SMILES string of the molecule is O=S(=O)(Nc1ccnc2ccc(Br)cc12)C(F)(F)F. The van der Waals surface area contributed by atoms with Crippen molar-refractivity contribution in [1.82, 2.24) is 4.98 Å². The molecule has 0 bridgehead atoms. The van der Waals surface area contributed by atoms with Crippen LogP contribution in [0.2, 0.25) is 0 Å². The molecule has 1 aromatic carbocycles. The number of sulfonamides is 1. The molecule has 0 spiro atoms. The second kappa shape index (κ2) is 4.64. The molecule has 0 aliphatic heterocycles. The molecule has 1 heterocycles. The monoisotopic (exact) mass is 354 g/mol. The number of benzene rings is 1. The Balaban J connectivity index is 2.56. The minimum atomic E-state index is -5.45. The van der Waals surface area contributed by atoms with E-state index >= 15 is 0 Å². The van der Waals surface area contributed by atoms with E-state index in [9.17, 15) is 21.6 Å². The molecule has 4 nitrogen and oxygen atoms in total. The van der Waals surface area contributed by atoms with Crippen LogP contribution in [-0.2, 0) is 10.0 Å². The number of hydrogen-bond acceptors (Lipinski definition) is 3. The fraction of sp³-hybridized carbons (Fsp3) is 0.100. The summed E-state index contributed by atoms with van der Waals surface area (Å²) in [5, 5.41) is 0.268. The van der Waals surface area contributed by atoms with Gasteiger partial charge in [0, 0.05) is 16.1 Å². The van der Waals surface area contributed by atoms with Gasteiger partial charge >= 0.3 is 15.5 Å². The summed E-state index contributed by atoms with van der Waals surface area (Å²) in [4.78, 5) is 3.94. The van der Waals surface area contributed by atoms with Gasteiger partial charge < -0.3 is 0 Å². The van der Waals surface area contributed by atoms with Crippen molar-refractivity contribution in [2.75, 3.05) is 4.72 Å². The topological polar surface area (TPSA) is 59.1 Å². The second-order valence-electron chi connectivity index (χ2n) is 3.57. The van der Waals surface area contributed by atoms with Crippen LogP contribution in [0.1, 0.15) is 0 Å². The lowest BCUT2D eigenvalue weighted by atomic mass is 10.2. The van der Waals surface area contributed by atoms with Crippen molar-refractivity contribution in [1.29, 1.82) is 0 Å². The number of alkyl halides is 3. The van der Waals surface area contributed by atoms with Gasteiger partial charge in [-0.15, -0.1) is 0 Å². The predicted molar refractivity (Wildman–Crippen MR) is 68.0 cm³/mol. The lowest BCUT2D eigenvalue weighted by molar-refractivity contribution is -0.0429. The average molecular weight is 355 g/mol. The quantitative estimate of drug-likeness (QED) is 0.900. The maximum Gasteiger partial charge on any atom is 0.516 e. The van der Waals surface area contributed by atoms with Crippen LogP contribution in [0.15, 0.2) is 34.9 Å². The van der Waals surface area contributed by atoms with Gasteiger partial charge in [0.1, 0.15) is 0 Å². The van der Waals surface area contributed by atoms with Gasteiger partial charge in [0.25, 0.3) is 0 Å². The lowest BCUT2D eigenvalue weighted by Gasteiger charge is -2.12.